The zero-order valence-corrected chi connectivity index (χ0v) is 15.3. The molecule has 3 aromatic carbocycles. The van der Waals surface area contributed by atoms with Gasteiger partial charge in [-0.2, -0.15) is 10.2 Å². The SMILES string of the molecule is N#Cc1ccccc1Nc1cc(-c2ccccc2)nc(Nc2ccccc2F)n1. The quantitative estimate of drug-likeness (QED) is 0.468. The van der Waals surface area contributed by atoms with E-state index in [1.165, 1.54) is 6.07 Å². The fraction of sp³-hybridized carbons (Fsp3) is 0. The van der Waals surface area contributed by atoms with Gasteiger partial charge in [0.1, 0.15) is 17.7 Å². The summed E-state index contributed by atoms with van der Waals surface area (Å²) in [5.74, 6) is 0.333. The molecule has 0 fully saturated rings. The second-order valence-corrected chi connectivity index (χ2v) is 6.22. The third-order valence-electron chi connectivity index (χ3n) is 4.23. The second-order valence-electron chi connectivity index (χ2n) is 6.22. The van der Waals surface area contributed by atoms with Crippen LogP contribution in [0, 0.1) is 17.1 Å². The summed E-state index contributed by atoms with van der Waals surface area (Å²) in [6, 6.07) is 27.0. The maximum absolute atomic E-state index is 14.1. The molecule has 140 valence electrons. The molecule has 0 spiro atoms. The zero-order chi connectivity index (χ0) is 20.1. The molecule has 1 heterocycles. The van der Waals surface area contributed by atoms with Crippen molar-refractivity contribution in [3.63, 3.8) is 0 Å². The van der Waals surface area contributed by atoms with Gasteiger partial charge in [-0.3, -0.25) is 0 Å². The highest BCUT2D eigenvalue weighted by Gasteiger charge is 2.10. The Morgan fingerprint density at radius 3 is 2.21 bits per heavy atom. The van der Waals surface area contributed by atoms with E-state index in [0.717, 1.165) is 5.56 Å². The molecule has 0 aliphatic carbocycles. The largest absolute Gasteiger partial charge is 0.339 e. The minimum absolute atomic E-state index is 0.244. The molecule has 0 saturated carbocycles. The maximum Gasteiger partial charge on any atom is 0.229 e. The molecular weight excluding hydrogens is 365 g/mol. The van der Waals surface area contributed by atoms with Crippen molar-refractivity contribution in [3.05, 3.63) is 96.3 Å². The third-order valence-corrected chi connectivity index (χ3v) is 4.23. The van der Waals surface area contributed by atoms with Crippen LogP contribution in [0.4, 0.5) is 27.5 Å². The number of anilines is 4. The Labute approximate surface area is 167 Å². The molecular formula is C23H16FN5. The predicted octanol–water partition coefficient (Wildman–Crippen LogP) is 5.64. The molecule has 0 radical (unpaired) electrons. The lowest BCUT2D eigenvalue weighted by Crippen LogP contribution is -2.04. The molecule has 0 saturated heterocycles. The highest BCUT2D eigenvalue weighted by atomic mass is 19.1. The van der Waals surface area contributed by atoms with Crippen LogP contribution in [0.15, 0.2) is 84.9 Å². The van der Waals surface area contributed by atoms with E-state index in [1.807, 2.05) is 36.4 Å². The lowest BCUT2D eigenvalue weighted by molar-refractivity contribution is 0.631. The van der Waals surface area contributed by atoms with Crippen LogP contribution in [0.1, 0.15) is 5.56 Å². The number of hydrogen-bond donors (Lipinski definition) is 2. The van der Waals surface area contributed by atoms with E-state index < -0.39 is 5.82 Å². The number of nitriles is 1. The van der Waals surface area contributed by atoms with Crippen LogP contribution >= 0.6 is 0 Å². The van der Waals surface area contributed by atoms with Crippen LogP contribution in [0.3, 0.4) is 0 Å². The predicted molar refractivity (Wildman–Crippen MR) is 112 cm³/mol. The first-order valence-electron chi connectivity index (χ1n) is 8.95. The number of para-hydroxylation sites is 2. The summed E-state index contributed by atoms with van der Waals surface area (Å²) in [6.07, 6.45) is 0. The van der Waals surface area contributed by atoms with Crippen molar-refractivity contribution in [2.24, 2.45) is 0 Å². The van der Waals surface area contributed by atoms with Gasteiger partial charge in [-0.15, -0.1) is 0 Å². The van der Waals surface area contributed by atoms with Crippen molar-refractivity contribution >= 4 is 23.1 Å². The molecule has 0 bridgehead atoms. The first-order valence-corrected chi connectivity index (χ1v) is 8.95. The summed E-state index contributed by atoms with van der Waals surface area (Å²) in [4.78, 5) is 8.99. The highest BCUT2D eigenvalue weighted by molar-refractivity contribution is 5.71. The van der Waals surface area contributed by atoms with E-state index in [0.29, 0.717) is 22.8 Å². The fourth-order valence-electron chi connectivity index (χ4n) is 2.83. The Hall–Kier alpha value is -4.24. The number of aromatic nitrogens is 2. The van der Waals surface area contributed by atoms with Crippen molar-refractivity contribution in [2.75, 3.05) is 10.6 Å². The summed E-state index contributed by atoms with van der Waals surface area (Å²) in [5.41, 5.74) is 2.96. The third kappa shape index (κ3) is 4.20. The van der Waals surface area contributed by atoms with Crippen LogP contribution in [0.2, 0.25) is 0 Å². The van der Waals surface area contributed by atoms with Gasteiger partial charge in [0.15, 0.2) is 0 Å². The number of nitrogens with one attached hydrogen (secondary N) is 2. The molecule has 0 unspecified atom stereocenters. The van der Waals surface area contributed by atoms with Gasteiger partial charge < -0.3 is 10.6 Å². The van der Waals surface area contributed by atoms with Crippen LogP contribution in [-0.4, -0.2) is 9.97 Å². The highest BCUT2D eigenvalue weighted by Crippen LogP contribution is 2.26. The maximum atomic E-state index is 14.1. The van der Waals surface area contributed by atoms with E-state index in [2.05, 4.69) is 26.7 Å². The Kier molecular flexibility index (Phi) is 5.12. The fourth-order valence-corrected chi connectivity index (χ4v) is 2.83. The smallest absolute Gasteiger partial charge is 0.229 e. The number of benzene rings is 3. The summed E-state index contributed by atoms with van der Waals surface area (Å²) < 4.78 is 14.1. The molecule has 0 atom stereocenters. The van der Waals surface area contributed by atoms with Crippen molar-refractivity contribution in [1.29, 1.82) is 5.26 Å². The van der Waals surface area contributed by atoms with Gasteiger partial charge in [-0.1, -0.05) is 54.6 Å². The Morgan fingerprint density at radius 1 is 0.759 bits per heavy atom. The molecule has 2 N–H and O–H groups in total. The van der Waals surface area contributed by atoms with Crippen molar-refractivity contribution in [2.45, 2.75) is 0 Å². The normalized spacial score (nSPS) is 10.2. The molecule has 0 amide bonds. The molecule has 1 aromatic heterocycles. The first kappa shape index (κ1) is 18.1. The lowest BCUT2D eigenvalue weighted by atomic mass is 10.1. The van der Waals surface area contributed by atoms with E-state index in [-0.39, 0.29) is 11.6 Å². The average Bonchev–Trinajstić information content (AvgIpc) is 2.76. The number of halogens is 1. The molecule has 0 aliphatic rings. The molecule has 5 nitrogen and oxygen atoms in total. The number of nitrogens with zero attached hydrogens (tertiary/aromatic N) is 3. The van der Waals surface area contributed by atoms with E-state index in [4.69, 9.17) is 0 Å². The monoisotopic (exact) mass is 381 g/mol. The Bertz CT molecular complexity index is 1190. The topological polar surface area (TPSA) is 73.6 Å². The van der Waals surface area contributed by atoms with Crippen molar-refractivity contribution < 1.29 is 4.39 Å². The minimum Gasteiger partial charge on any atom is -0.339 e. The van der Waals surface area contributed by atoms with Gasteiger partial charge >= 0.3 is 0 Å². The molecule has 29 heavy (non-hydrogen) atoms. The average molecular weight is 381 g/mol. The number of rotatable bonds is 5. The molecule has 4 aromatic rings. The summed E-state index contributed by atoms with van der Waals surface area (Å²) >= 11 is 0. The van der Waals surface area contributed by atoms with Gasteiger partial charge in [0, 0.05) is 11.6 Å². The Balaban J connectivity index is 1.76. The second kappa shape index (κ2) is 8.19. The zero-order valence-electron chi connectivity index (χ0n) is 15.3. The number of hydrogen-bond acceptors (Lipinski definition) is 5. The summed E-state index contributed by atoms with van der Waals surface area (Å²) in [7, 11) is 0. The van der Waals surface area contributed by atoms with Gasteiger partial charge in [0.2, 0.25) is 5.95 Å². The summed E-state index contributed by atoms with van der Waals surface area (Å²) in [5, 5.41) is 15.4. The lowest BCUT2D eigenvalue weighted by Gasteiger charge is -2.12. The minimum atomic E-state index is -0.398. The van der Waals surface area contributed by atoms with Crippen molar-refractivity contribution in [1.82, 2.24) is 9.97 Å². The van der Waals surface area contributed by atoms with Crippen LogP contribution in [0.5, 0.6) is 0 Å². The van der Waals surface area contributed by atoms with Gasteiger partial charge in [-0.25, -0.2) is 9.37 Å². The molecule has 0 aliphatic heterocycles. The van der Waals surface area contributed by atoms with Gasteiger partial charge in [-0.05, 0) is 24.3 Å². The Morgan fingerprint density at radius 2 is 1.45 bits per heavy atom. The van der Waals surface area contributed by atoms with Gasteiger partial charge in [0.25, 0.3) is 0 Å². The van der Waals surface area contributed by atoms with E-state index in [9.17, 15) is 9.65 Å². The molecule has 6 heteroatoms. The first-order chi connectivity index (χ1) is 14.2. The van der Waals surface area contributed by atoms with E-state index >= 15 is 0 Å². The van der Waals surface area contributed by atoms with Crippen LogP contribution < -0.4 is 10.6 Å². The van der Waals surface area contributed by atoms with Crippen LogP contribution in [0.25, 0.3) is 11.3 Å². The molecule has 4 rings (SSSR count). The van der Waals surface area contributed by atoms with Gasteiger partial charge in [0.05, 0.1) is 22.6 Å². The standard InChI is InChI=1S/C23H16FN5/c24-18-11-5-7-13-20(18)27-23-28-21(16-8-2-1-3-9-16)14-22(29-23)26-19-12-6-4-10-17(19)15-25/h1-14H,(H2,26,27,28,29). The summed E-state index contributed by atoms with van der Waals surface area (Å²) in [6.45, 7) is 0. The van der Waals surface area contributed by atoms with E-state index in [1.54, 1.807) is 42.5 Å². The van der Waals surface area contributed by atoms with Crippen LogP contribution in [-0.2, 0) is 0 Å². The van der Waals surface area contributed by atoms with Crippen molar-refractivity contribution in [3.8, 4) is 17.3 Å².